The Morgan fingerprint density at radius 3 is 1.37 bits per heavy atom. The molecule has 12 aromatic rings. The first-order valence-corrected chi connectivity index (χ1v) is 20.7. The average molecular weight is 763 g/mol. The highest BCUT2D eigenvalue weighted by molar-refractivity contribution is 7.27. The van der Waals surface area contributed by atoms with Crippen molar-refractivity contribution in [2.24, 2.45) is 0 Å². The molecule has 0 unspecified atom stereocenters. The summed E-state index contributed by atoms with van der Waals surface area (Å²) in [5, 5.41) is 7.47. The van der Waals surface area contributed by atoms with Crippen LogP contribution in [0.25, 0.3) is 113 Å². The Bertz CT molecular complexity index is 3410. The van der Waals surface area contributed by atoms with Crippen molar-refractivity contribution in [1.29, 1.82) is 0 Å². The van der Waals surface area contributed by atoms with Gasteiger partial charge in [-0.25, -0.2) is 15.0 Å². The van der Waals surface area contributed by atoms with Crippen LogP contribution in [0, 0.1) is 0 Å². The maximum atomic E-state index is 5.13. The minimum absolute atomic E-state index is 0.661. The molecule has 0 aliphatic rings. The van der Waals surface area contributed by atoms with E-state index in [-0.39, 0.29) is 0 Å². The molecule has 0 aliphatic carbocycles. The van der Waals surface area contributed by atoms with Crippen molar-refractivity contribution in [1.82, 2.24) is 19.5 Å². The largest absolute Gasteiger partial charge is 0.309 e. The highest BCUT2D eigenvalue weighted by Gasteiger charge is 2.21. The molecule has 57 heavy (non-hydrogen) atoms. The molecule has 8 aromatic carbocycles. The van der Waals surface area contributed by atoms with Gasteiger partial charge in [-0.1, -0.05) is 152 Å². The SMILES string of the molecule is c1ccc(-c2nc(-c3ccccc3)nc(-c3cccc4sc5c(-c6cccc7c6sc6cccc(-n8c9ccccc9c9ccccc98)c67)cccc5c34)n2)cc1. The molecule has 0 amide bonds. The number of benzene rings is 8. The topological polar surface area (TPSA) is 43.6 Å². The third kappa shape index (κ3) is 5.01. The van der Waals surface area contributed by atoms with Crippen LogP contribution in [0.3, 0.4) is 0 Å². The van der Waals surface area contributed by atoms with Crippen molar-refractivity contribution in [2.75, 3.05) is 0 Å². The molecular weight excluding hydrogens is 733 g/mol. The summed E-state index contributed by atoms with van der Waals surface area (Å²) in [6, 6.07) is 64.7. The summed E-state index contributed by atoms with van der Waals surface area (Å²) >= 11 is 3.73. The van der Waals surface area contributed by atoms with Crippen LogP contribution in [-0.4, -0.2) is 19.5 Å². The van der Waals surface area contributed by atoms with Gasteiger partial charge in [-0.05, 0) is 30.3 Å². The molecule has 266 valence electrons. The molecule has 0 N–H and O–H groups in total. The Hall–Kier alpha value is -6.99. The van der Waals surface area contributed by atoms with E-state index >= 15 is 0 Å². The maximum absolute atomic E-state index is 5.13. The zero-order valence-electron chi connectivity index (χ0n) is 30.4. The van der Waals surface area contributed by atoms with Crippen LogP contribution in [0.1, 0.15) is 0 Å². The summed E-state index contributed by atoms with van der Waals surface area (Å²) in [5.74, 6) is 1.99. The zero-order valence-corrected chi connectivity index (χ0v) is 32.1. The quantitative estimate of drug-likeness (QED) is 0.175. The van der Waals surface area contributed by atoms with Crippen LogP contribution in [0.15, 0.2) is 182 Å². The van der Waals surface area contributed by atoms with Gasteiger partial charge in [0.2, 0.25) is 0 Å². The van der Waals surface area contributed by atoms with E-state index in [9.17, 15) is 0 Å². The summed E-state index contributed by atoms with van der Waals surface area (Å²) in [6.45, 7) is 0. The number of rotatable bonds is 5. The van der Waals surface area contributed by atoms with E-state index in [1.807, 2.05) is 59.1 Å². The minimum atomic E-state index is 0.661. The third-order valence-electron chi connectivity index (χ3n) is 11.1. The first-order valence-electron chi connectivity index (χ1n) is 19.0. The number of nitrogens with zero attached hydrogens (tertiary/aromatic N) is 4. The van der Waals surface area contributed by atoms with E-state index in [4.69, 9.17) is 15.0 Å². The van der Waals surface area contributed by atoms with E-state index in [1.165, 1.54) is 79.0 Å². The van der Waals surface area contributed by atoms with Crippen molar-refractivity contribution < 1.29 is 0 Å². The average Bonchev–Trinajstić information content (AvgIpc) is 3.97. The van der Waals surface area contributed by atoms with Crippen molar-refractivity contribution >= 4 is 84.8 Å². The second-order valence-corrected chi connectivity index (χ2v) is 16.4. The second-order valence-electron chi connectivity index (χ2n) is 14.3. The van der Waals surface area contributed by atoms with E-state index in [0.29, 0.717) is 17.5 Å². The Morgan fingerprint density at radius 2 is 0.772 bits per heavy atom. The fourth-order valence-electron chi connectivity index (χ4n) is 8.58. The van der Waals surface area contributed by atoms with Gasteiger partial charge in [-0.3, -0.25) is 0 Å². The van der Waals surface area contributed by atoms with Gasteiger partial charge in [0.1, 0.15) is 0 Å². The molecule has 0 spiro atoms. The lowest BCUT2D eigenvalue weighted by Crippen LogP contribution is -2.00. The third-order valence-corrected chi connectivity index (χ3v) is 13.5. The first kappa shape index (κ1) is 32.3. The molecule has 12 rings (SSSR count). The summed E-state index contributed by atoms with van der Waals surface area (Å²) in [5.41, 5.74) is 9.05. The molecule has 0 radical (unpaired) electrons. The molecule has 6 heteroatoms. The lowest BCUT2D eigenvalue weighted by molar-refractivity contribution is 1.08. The molecule has 0 saturated carbocycles. The molecule has 0 fully saturated rings. The van der Waals surface area contributed by atoms with Crippen LogP contribution in [-0.2, 0) is 0 Å². The maximum Gasteiger partial charge on any atom is 0.164 e. The molecule has 0 bridgehead atoms. The predicted octanol–water partition coefficient (Wildman–Crippen LogP) is 14.4. The number of thiophene rings is 2. The van der Waals surface area contributed by atoms with E-state index < -0.39 is 0 Å². The molecule has 4 aromatic heterocycles. The summed E-state index contributed by atoms with van der Waals surface area (Å²) in [4.78, 5) is 15.2. The lowest BCUT2D eigenvalue weighted by Gasteiger charge is -2.10. The Morgan fingerprint density at radius 1 is 0.333 bits per heavy atom. The lowest BCUT2D eigenvalue weighted by atomic mass is 9.99. The van der Waals surface area contributed by atoms with Crippen molar-refractivity contribution in [3.8, 4) is 51.0 Å². The van der Waals surface area contributed by atoms with Gasteiger partial charge < -0.3 is 4.57 Å². The molecule has 0 aliphatic heterocycles. The predicted molar refractivity (Wildman–Crippen MR) is 242 cm³/mol. The van der Waals surface area contributed by atoms with Crippen molar-refractivity contribution in [3.05, 3.63) is 182 Å². The van der Waals surface area contributed by atoms with Gasteiger partial charge in [0.25, 0.3) is 0 Å². The number of hydrogen-bond donors (Lipinski definition) is 0. The van der Waals surface area contributed by atoms with Crippen molar-refractivity contribution in [2.45, 2.75) is 0 Å². The van der Waals surface area contributed by atoms with Crippen LogP contribution >= 0.6 is 22.7 Å². The highest BCUT2D eigenvalue weighted by Crippen LogP contribution is 2.48. The molecular formula is C51H30N4S2. The summed E-state index contributed by atoms with van der Waals surface area (Å²) in [7, 11) is 0. The smallest absolute Gasteiger partial charge is 0.164 e. The standard InChI is InChI=1S/C51H30N4S2/c1-3-15-31(16-4-1)49-52-50(32-17-5-2-6-18-32)54-51(53-49)39-25-13-29-43-45(39)37-23-11-21-35(47(37)56-43)36-22-12-24-38-46-42(28-14-30-44(46)57-48(36)38)55-40-26-9-7-19-33(40)34-20-8-10-27-41(34)55/h1-30H. The van der Waals surface area contributed by atoms with Crippen LogP contribution in [0.2, 0.25) is 0 Å². The Labute approximate surface area is 335 Å². The fourth-order valence-corrected chi connectivity index (χ4v) is 11.1. The van der Waals surface area contributed by atoms with Crippen LogP contribution < -0.4 is 0 Å². The van der Waals surface area contributed by atoms with Crippen LogP contribution in [0.4, 0.5) is 0 Å². The Kier molecular flexibility index (Phi) is 7.24. The number of hydrogen-bond acceptors (Lipinski definition) is 5. The van der Waals surface area contributed by atoms with Gasteiger partial charge in [0.15, 0.2) is 17.5 Å². The highest BCUT2D eigenvalue weighted by atomic mass is 32.1. The fraction of sp³-hybridized carbons (Fsp3) is 0. The first-order chi connectivity index (χ1) is 28.3. The monoisotopic (exact) mass is 762 g/mol. The van der Waals surface area contributed by atoms with E-state index in [0.717, 1.165) is 16.7 Å². The normalized spacial score (nSPS) is 11.9. The molecule has 4 nitrogen and oxygen atoms in total. The van der Waals surface area contributed by atoms with Gasteiger partial charge in [-0.15, -0.1) is 22.7 Å². The van der Waals surface area contributed by atoms with Crippen LogP contribution in [0.5, 0.6) is 0 Å². The zero-order chi connectivity index (χ0) is 37.5. The van der Waals surface area contributed by atoms with Gasteiger partial charge in [-0.2, -0.15) is 0 Å². The Balaban J connectivity index is 1.07. The van der Waals surface area contributed by atoms with Gasteiger partial charge in [0.05, 0.1) is 16.7 Å². The van der Waals surface area contributed by atoms with Crippen molar-refractivity contribution in [3.63, 3.8) is 0 Å². The van der Waals surface area contributed by atoms with Gasteiger partial charge in [0, 0.05) is 78.9 Å². The molecule has 0 saturated heterocycles. The summed E-state index contributed by atoms with van der Waals surface area (Å²) in [6.07, 6.45) is 0. The number of fused-ring (bicyclic) bond motifs is 9. The molecule has 0 atom stereocenters. The summed E-state index contributed by atoms with van der Waals surface area (Å²) < 4.78 is 7.49. The molecule has 4 heterocycles. The number of para-hydroxylation sites is 2. The minimum Gasteiger partial charge on any atom is -0.309 e. The number of aromatic nitrogens is 4. The van der Waals surface area contributed by atoms with E-state index in [2.05, 4.69) is 150 Å². The van der Waals surface area contributed by atoms with E-state index in [1.54, 1.807) is 0 Å². The second kappa shape index (κ2) is 12.8. The van der Waals surface area contributed by atoms with Gasteiger partial charge >= 0.3 is 0 Å².